The molecule has 0 radical (unpaired) electrons. The second kappa shape index (κ2) is 6.69. The minimum atomic E-state index is -0.0928. The lowest BCUT2D eigenvalue weighted by Gasteiger charge is -2.15. The minimum Gasteiger partial charge on any atom is -0.350 e. The third-order valence-corrected chi connectivity index (χ3v) is 4.59. The van der Waals surface area contributed by atoms with Crippen LogP contribution in [0.3, 0.4) is 0 Å². The lowest BCUT2D eigenvalue weighted by atomic mass is 10.2. The zero-order valence-corrected chi connectivity index (χ0v) is 14.9. The van der Waals surface area contributed by atoms with Crippen LogP contribution in [0.1, 0.15) is 16.1 Å². The number of hydrogen-bond acceptors (Lipinski definition) is 2. The maximum atomic E-state index is 12.7. The zero-order valence-electron chi connectivity index (χ0n) is 14.2. The summed E-state index contributed by atoms with van der Waals surface area (Å²) in [6, 6.07) is 17.2. The Labute approximate surface area is 155 Å². The third-order valence-electron chi connectivity index (χ3n) is 4.26. The third kappa shape index (κ3) is 3.09. The Hall–Kier alpha value is -3.05. The molecule has 5 nitrogen and oxygen atoms in total. The summed E-state index contributed by atoms with van der Waals surface area (Å²) < 4.78 is 1.80. The summed E-state index contributed by atoms with van der Waals surface area (Å²) in [5.74, 6) is -0.0928. The molecule has 4 aromatic rings. The number of nitrogens with one attached hydrogen (secondary N) is 1. The monoisotopic (exact) mass is 364 g/mol. The number of nitrogens with zero attached hydrogens (tertiary/aromatic N) is 3. The van der Waals surface area contributed by atoms with Crippen molar-refractivity contribution >= 4 is 28.4 Å². The number of para-hydroxylation sites is 1. The second-order valence-corrected chi connectivity index (χ2v) is 6.58. The summed E-state index contributed by atoms with van der Waals surface area (Å²) in [5, 5.41) is 5.85. The molecule has 0 aliphatic rings. The van der Waals surface area contributed by atoms with Gasteiger partial charge in [-0.25, -0.2) is 4.68 Å². The summed E-state index contributed by atoms with van der Waals surface area (Å²) in [5.41, 5.74) is 3.31. The average Bonchev–Trinajstić information content (AvgIpc) is 3.29. The second-order valence-electron chi connectivity index (χ2n) is 6.17. The summed E-state index contributed by atoms with van der Waals surface area (Å²) in [6.45, 7) is 0.467. The van der Waals surface area contributed by atoms with E-state index in [-0.39, 0.29) is 5.91 Å². The van der Waals surface area contributed by atoms with Gasteiger partial charge < -0.3 is 9.88 Å². The number of hydrogen-bond donors (Lipinski definition) is 1. The molecule has 2 heterocycles. The van der Waals surface area contributed by atoms with Crippen LogP contribution in [0.15, 0.2) is 67.0 Å². The number of fused-ring (bicyclic) bond motifs is 1. The Morgan fingerprint density at radius 2 is 2.00 bits per heavy atom. The largest absolute Gasteiger partial charge is 0.350 e. The number of halogens is 1. The van der Waals surface area contributed by atoms with Gasteiger partial charge in [-0.05, 0) is 30.3 Å². The number of aromatic amines is 1. The van der Waals surface area contributed by atoms with E-state index in [1.165, 1.54) is 0 Å². The Balaban J connectivity index is 1.52. The highest BCUT2D eigenvalue weighted by molar-refractivity contribution is 6.35. The van der Waals surface area contributed by atoms with Crippen LogP contribution in [0.25, 0.3) is 16.6 Å². The Morgan fingerprint density at radius 3 is 2.77 bits per heavy atom. The van der Waals surface area contributed by atoms with E-state index in [2.05, 4.69) is 10.1 Å². The van der Waals surface area contributed by atoms with E-state index in [1.54, 1.807) is 28.9 Å². The first-order valence-corrected chi connectivity index (χ1v) is 8.61. The highest BCUT2D eigenvalue weighted by Gasteiger charge is 2.16. The predicted molar refractivity (Wildman–Crippen MR) is 103 cm³/mol. The number of aromatic nitrogens is 3. The van der Waals surface area contributed by atoms with Gasteiger partial charge in [0, 0.05) is 41.3 Å². The lowest BCUT2D eigenvalue weighted by Crippen LogP contribution is -2.26. The minimum absolute atomic E-state index is 0.0928. The maximum absolute atomic E-state index is 12.7. The van der Waals surface area contributed by atoms with Crippen molar-refractivity contribution in [1.82, 2.24) is 19.7 Å². The first kappa shape index (κ1) is 16.4. The zero-order chi connectivity index (χ0) is 18.1. The van der Waals surface area contributed by atoms with Crippen LogP contribution in [0, 0.1) is 0 Å². The topological polar surface area (TPSA) is 53.9 Å². The molecular formula is C20H17ClN4O. The molecule has 0 saturated heterocycles. The first-order chi connectivity index (χ1) is 12.6. The van der Waals surface area contributed by atoms with Crippen LogP contribution in [-0.2, 0) is 6.54 Å². The van der Waals surface area contributed by atoms with E-state index in [1.807, 2.05) is 54.7 Å². The van der Waals surface area contributed by atoms with Gasteiger partial charge >= 0.3 is 0 Å². The summed E-state index contributed by atoms with van der Waals surface area (Å²) in [6.07, 6.45) is 3.71. The van der Waals surface area contributed by atoms with Crippen molar-refractivity contribution in [2.75, 3.05) is 7.05 Å². The van der Waals surface area contributed by atoms with Crippen LogP contribution in [-0.4, -0.2) is 32.6 Å². The van der Waals surface area contributed by atoms with Crippen LogP contribution >= 0.6 is 11.6 Å². The van der Waals surface area contributed by atoms with Gasteiger partial charge in [0.25, 0.3) is 5.91 Å². The van der Waals surface area contributed by atoms with Gasteiger partial charge in [0.1, 0.15) is 5.69 Å². The molecule has 26 heavy (non-hydrogen) atoms. The van der Waals surface area contributed by atoms with Gasteiger partial charge in [-0.3, -0.25) is 4.79 Å². The average molecular weight is 365 g/mol. The molecule has 0 atom stereocenters. The van der Waals surface area contributed by atoms with Crippen molar-refractivity contribution in [3.05, 3.63) is 83.3 Å². The fourth-order valence-corrected chi connectivity index (χ4v) is 3.18. The standard InChI is InChI=1S/C20H17ClN4O/c1-24(12-14-11-22-25(13-14)15-6-3-2-4-7-15)20(26)19-10-16-17(21)8-5-9-18(16)23-19/h2-11,13,23H,12H2,1H3. The van der Waals surface area contributed by atoms with E-state index in [4.69, 9.17) is 11.6 Å². The highest BCUT2D eigenvalue weighted by atomic mass is 35.5. The summed E-state index contributed by atoms with van der Waals surface area (Å²) in [4.78, 5) is 17.5. The van der Waals surface area contributed by atoms with E-state index in [0.717, 1.165) is 22.2 Å². The Morgan fingerprint density at radius 1 is 1.19 bits per heavy atom. The van der Waals surface area contributed by atoms with Gasteiger partial charge in [-0.1, -0.05) is 35.9 Å². The van der Waals surface area contributed by atoms with E-state index in [0.29, 0.717) is 17.3 Å². The molecule has 2 aromatic heterocycles. The molecule has 1 N–H and O–H groups in total. The van der Waals surface area contributed by atoms with Crippen molar-refractivity contribution < 1.29 is 4.79 Å². The van der Waals surface area contributed by atoms with Gasteiger partial charge in [0.05, 0.1) is 11.9 Å². The quantitative estimate of drug-likeness (QED) is 0.587. The molecule has 0 saturated carbocycles. The molecule has 0 spiro atoms. The first-order valence-electron chi connectivity index (χ1n) is 8.23. The fourth-order valence-electron chi connectivity index (χ4n) is 2.95. The Bertz CT molecular complexity index is 1070. The molecule has 1 amide bonds. The number of amides is 1. The highest BCUT2D eigenvalue weighted by Crippen LogP contribution is 2.24. The van der Waals surface area contributed by atoms with Crippen molar-refractivity contribution in [1.29, 1.82) is 0 Å². The molecule has 6 heteroatoms. The molecule has 0 unspecified atom stereocenters. The van der Waals surface area contributed by atoms with Crippen LogP contribution in [0.2, 0.25) is 5.02 Å². The molecule has 2 aromatic carbocycles. The van der Waals surface area contributed by atoms with Crippen LogP contribution < -0.4 is 0 Å². The number of carbonyl (C=O) groups is 1. The van der Waals surface area contributed by atoms with Gasteiger partial charge in [0.15, 0.2) is 0 Å². The molecule has 0 bridgehead atoms. The number of H-pyrrole nitrogens is 1. The van der Waals surface area contributed by atoms with E-state index < -0.39 is 0 Å². The van der Waals surface area contributed by atoms with Crippen molar-refractivity contribution in [2.24, 2.45) is 0 Å². The Kier molecular flexibility index (Phi) is 4.22. The normalized spacial score (nSPS) is 11.0. The fraction of sp³-hybridized carbons (Fsp3) is 0.100. The summed E-state index contributed by atoms with van der Waals surface area (Å²) in [7, 11) is 1.77. The van der Waals surface area contributed by atoms with E-state index in [9.17, 15) is 4.79 Å². The van der Waals surface area contributed by atoms with Crippen LogP contribution in [0.4, 0.5) is 0 Å². The lowest BCUT2D eigenvalue weighted by molar-refractivity contribution is 0.0780. The summed E-state index contributed by atoms with van der Waals surface area (Å²) >= 11 is 6.19. The van der Waals surface area contributed by atoms with Gasteiger partial charge in [-0.2, -0.15) is 5.10 Å². The van der Waals surface area contributed by atoms with Gasteiger partial charge in [0.2, 0.25) is 0 Å². The van der Waals surface area contributed by atoms with Crippen molar-refractivity contribution in [3.63, 3.8) is 0 Å². The number of rotatable bonds is 4. The van der Waals surface area contributed by atoms with Gasteiger partial charge in [-0.15, -0.1) is 0 Å². The smallest absolute Gasteiger partial charge is 0.270 e. The predicted octanol–water partition coefficient (Wildman–Crippen LogP) is 4.28. The molecule has 0 aliphatic heterocycles. The molecule has 0 aliphatic carbocycles. The SMILES string of the molecule is CN(Cc1cnn(-c2ccccc2)c1)C(=O)c1cc2c(Cl)cccc2[nH]1. The molecule has 130 valence electrons. The van der Waals surface area contributed by atoms with Crippen molar-refractivity contribution in [3.8, 4) is 5.69 Å². The number of benzene rings is 2. The van der Waals surface area contributed by atoms with E-state index >= 15 is 0 Å². The number of carbonyl (C=O) groups excluding carboxylic acids is 1. The van der Waals surface area contributed by atoms with Crippen LogP contribution in [0.5, 0.6) is 0 Å². The maximum Gasteiger partial charge on any atom is 0.270 e. The molecule has 4 rings (SSSR count). The van der Waals surface area contributed by atoms with Crippen molar-refractivity contribution in [2.45, 2.75) is 6.54 Å². The molecule has 0 fully saturated rings. The molecular weight excluding hydrogens is 348 g/mol.